The highest BCUT2D eigenvalue weighted by molar-refractivity contribution is 5.94. The van der Waals surface area contributed by atoms with Crippen LogP contribution in [0.4, 0.5) is 13.2 Å². The van der Waals surface area contributed by atoms with Crippen molar-refractivity contribution in [1.29, 1.82) is 0 Å². The Labute approximate surface area is 179 Å². The van der Waals surface area contributed by atoms with Gasteiger partial charge < -0.3 is 20.3 Å². The van der Waals surface area contributed by atoms with Gasteiger partial charge in [-0.1, -0.05) is 35.5 Å². The number of carboxylic acids is 1. The quantitative estimate of drug-likeness (QED) is 0.491. The first-order valence-electron chi connectivity index (χ1n) is 8.97. The number of amides is 2. The summed E-state index contributed by atoms with van der Waals surface area (Å²) in [6.07, 6.45) is -2.01. The van der Waals surface area contributed by atoms with Crippen LogP contribution in [-0.2, 0) is 4.79 Å². The highest BCUT2D eigenvalue weighted by Crippen LogP contribution is 2.19. The minimum Gasteiger partial charge on any atom is -0.475 e. The van der Waals surface area contributed by atoms with Gasteiger partial charge in [-0.2, -0.15) is 13.2 Å². The molecule has 168 valence electrons. The number of aliphatic carboxylic acids is 1. The number of carbonyl (C=O) groups excluding carboxylic acids is 2. The maximum absolute atomic E-state index is 12.0. The number of hydrogen-bond donors (Lipinski definition) is 3. The van der Waals surface area contributed by atoms with Crippen molar-refractivity contribution in [3.05, 3.63) is 72.2 Å². The molecule has 3 rings (SSSR count). The fourth-order valence-corrected chi connectivity index (χ4v) is 2.16. The summed E-state index contributed by atoms with van der Waals surface area (Å²) in [5.74, 6) is -2.83. The molecule has 2 amide bonds. The van der Waals surface area contributed by atoms with Crippen LogP contribution in [0, 0.1) is 0 Å². The largest absolute Gasteiger partial charge is 0.490 e. The molecule has 3 aromatic rings. The van der Waals surface area contributed by atoms with Crippen LogP contribution < -0.4 is 10.6 Å². The highest BCUT2D eigenvalue weighted by Gasteiger charge is 2.38. The molecule has 32 heavy (non-hydrogen) atoms. The van der Waals surface area contributed by atoms with Crippen molar-refractivity contribution in [2.24, 2.45) is 0 Å². The third-order valence-corrected chi connectivity index (χ3v) is 3.66. The number of rotatable bonds is 6. The minimum atomic E-state index is -5.08. The van der Waals surface area contributed by atoms with Crippen LogP contribution in [0.2, 0.25) is 0 Å². The van der Waals surface area contributed by atoms with Gasteiger partial charge in [-0.05, 0) is 12.1 Å². The number of halogens is 3. The monoisotopic (exact) mass is 450 g/mol. The number of nitrogens with zero attached hydrogens (tertiary/aromatic N) is 2. The SMILES string of the molecule is O=C(NCCNC(=O)c1cc(-c2ccccc2)on1)c1cccnc1.O=C(O)C(F)(F)F. The van der Waals surface area contributed by atoms with E-state index in [2.05, 4.69) is 20.8 Å². The number of benzene rings is 1. The Kier molecular flexibility index (Phi) is 8.45. The predicted octanol–water partition coefficient (Wildman–Crippen LogP) is 2.53. The van der Waals surface area contributed by atoms with E-state index in [1.54, 1.807) is 24.4 Å². The minimum absolute atomic E-state index is 0.192. The van der Waals surface area contributed by atoms with Gasteiger partial charge in [0.25, 0.3) is 11.8 Å². The first-order chi connectivity index (χ1) is 15.2. The molecule has 0 bridgehead atoms. The molecular formula is C20H17F3N4O5. The van der Waals surface area contributed by atoms with Gasteiger partial charge in [-0.15, -0.1) is 0 Å². The van der Waals surface area contributed by atoms with Gasteiger partial charge in [0.15, 0.2) is 11.5 Å². The molecule has 0 aliphatic rings. The zero-order valence-electron chi connectivity index (χ0n) is 16.3. The zero-order chi connectivity index (χ0) is 23.6. The molecule has 0 spiro atoms. The Morgan fingerprint density at radius 1 is 0.969 bits per heavy atom. The topological polar surface area (TPSA) is 134 Å². The van der Waals surface area contributed by atoms with Gasteiger partial charge in [0, 0.05) is 37.1 Å². The number of pyridine rings is 1. The molecule has 0 unspecified atom stereocenters. The Morgan fingerprint density at radius 2 is 1.59 bits per heavy atom. The van der Waals surface area contributed by atoms with Gasteiger partial charge in [-0.25, -0.2) is 4.79 Å². The van der Waals surface area contributed by atoms with E-state index in [1.165, 1.54) is 6.20 Å². The van der Waals surface area contributed by atoms with E-state index < -0.39 is 12.1 Å². The third kappa shape index (κ3) is 7.55. The van der Waals surface area contributed by atoms with Gasteiger partial charge in [0.2, 0.25) is 0 Å². The average Bonchev–Trinajstić information content (AvgIpc) is 3.28. The number of nitrogens with one attached hydrogen (secondary N) is 2. The van der Waals surface area contributed by atoms with Crippen LogP contribution in [0.15, 0.2) is 65.4 Å². The second kappa shape index (κ2) is 11.2. The summed E-state index contributed by atoms with van der Waals surface area (Å²) < 4.78 is 36.9. The fourth-order valence-electron chi connectivity index (χ4n) is 2.16. The summed E-state index contributed by atoms with van der Waals surface area (Å²) in [7, 11) is 0. The van der Waals surface area contributed by atoms with E-state index in [0.29, 0.717) is 17.9 Å². The molecule has 0 fully saturated rings. The average molecular weight is 450 g/mol. The van der Waals surface area contributed by atoms with Crippen LogP contribution in [0.5, 0.6) is 0 Å². The number of hydrogen-bond acceptors (Lipinski definition) is 6. The molecule has 9 nitrogen and oxygen atoms in total. The fraction of sp³-hybridized carbons (Fsp3) is 0.150. The summed E-state index contributed by atoms with van der Waals surface area (Å²) >= 11 is 0. The van der Waals surface area contributed by atoms with E-state index in [-0.39, 0.29) is 24.1 Å². The number of carbonyl (C=O) groups is 3. The Hall–Kier alpha value is -4.22. The molecule has 0 saturated heterocycles. The van der Waals surface area contributed by atoms with Gasteiger partial charge in [0.1, 0.15) is 0 Å². The van der Waals surface area contributed by atoms with E-state index in [1.807, 2.05) is 30.3 Å². The van der Waals surface area contributed by atoms with Crippen molar-refractivity contribution in [3.8, 4) is 11.3 Å². The first-order valence-corrected chi connectivity index (χ1v) is 8.97. The van der Waals surface area contributed by atoms with Gasteiger partial charge in [-0.3, -0.25) is 14.6 Å². The standard InChI is InChI=1S/C18H16N4O3.C2HF3O2/c23-17(14-7-4-8-19-12-14)20-9-10-21-18(24)15-11-16(25-22-15)13-5-2-1-3-6-13;3-2(4,5)1(6)7/h1-8,11-12H,9-10H2,(H,20,23)(H,21,24);(H,6,7). The molecule has 0 saturated carbocycles. The van der Waals surface area contributed by atoms with Gasteiger partial charge in [0.05, 0.1) is 5.56 Å². The van der Waals surface area contributed by atoms with Crippen molar-refractivity contribution in [3.63, 3.8) is 0 Å². The Balaban J connectivity index is 0.000000451. The number of alkyl halides is 3. The number of aromatic nitrogens is 2. The van der Waals surface area contributed by atoms with Crippen molar-refractivity contribution < 1.29 is 37.2 Å². The number of carboxylic acid groups (broad SMARTS) is 1. The smallest absolute Gasteiger partial charge is 0.475 e. The molecular weight excluding hydrogens is 433 g/mol. The van der Waals surface area contributed by atoms with Crippen LogP contribution in [0.25, 0.3) is 11.3 Å². The lowest BCUT2D eigenvalue weighted by atomic mass is 10.1. The van der Waals surface area contributed by atoms with E-state index in [9.17, 15) is 22.8 Å². The molecule has 0 aliphatic heterocycles. The lowest BCUT2D eigenvalue weighted by Crippen LogP contribution is -2.34. The molecule has 0 aliphatic carbocycles. The van der Waals surface area contributed by atoms with Crippen molar-refractivity contribution >= 4 is 17.8 Å². The van der Waals surface area contributed by atoms with E-state index >= 15 is 0 Å². The first kappa shape index (κ1) is 24.1. The maximum Gasteiger partial charge on any atom is 0.490 e. The summed E-state index contributed by atoms with van der Waals surface area (Å²) in [5, 5.41) is 16.3. The summed E-state index contributed by atoms with van der Waals surface area (Å²) in [6, 6.07) is 14.3. The molecule has 2 aromatic heterocycles. The predicted molar refractivity (Wildman–Crippen MR) is 105 cm³/mol. The van der Waals surface area contributed by atoms with Crippen LogP contribution >= 0.6 is 0 Å². The van der Waals surface area contributed by atoms with Gasteiger partial charge >= 0.3 is 12.1 Å². The second-order valence-electron chi connectivity index (χ2n) is 6.00. The van der Waals surface area contributed by atoms with Crippen LogP contribution in [0.3, 0.4) is 0 Å². The molecule has 0 radical (unpaired) electrons. The second-order valence-corrected chi connectivity index (χ2v) is 6.00. The summed E-state index contributed by atoms with van der Waals surface area (Å²) in [5.41, 5.74) is 1.51. The molecule has 3 N–H and O–H groups in total. The van der Waals surface area contributed by atoms with E-state index in [0.717, 1.165) is 5.56 Å². The zero-order valence-corrected chi connectivity index (χ0v) is 16.3. The van der Waals surface area contributed by atoms with E-state index in [4.69, 9.17) is 14.4 Å². The highest BCUT2D eigenvalue weighted by atomic mass is 19.4. The summed E-state index contributed by atoms with van der Waals surface area (Å²) in [4.78, 5) is 36.7. The van der Waals surface area contributed by atoms with Crippen molar-refractivity contribution in [2.75, 3.05) is 13.1 Å². The van der Waals surface area contributed by atoms with Crippen molar-refractivity contribution in [2.45, 2.75) is 6.18 Å². The lowest BCUT2D eigenvalue weighted by molar-refractivity contribution is -0.192. The maximum atomic E-state index is 12.0. The summed E-state index contributed by atoms with van der Waals surface area (Å²) in [6.45, 7) is 0.571. The lowest BCUT2D eigenvalue weighted by Gasteiger charge is -2.05. The van der Waals surface area contributed by atoms with Crippen molar-refractivity contribution in [1.82, 2.24) is 20.8 Å². The Morgan fingerprint density at radius 3 is 2.16 bits per heavy atom. The Bertz CT molecular complexity index is 1040. The van der Waals surface area contributed by atoms with Crippen LogP contribution in [0.1, 0.15) is 20.8 Å². The molecule has 0 atom stereocenters. The third-order valence-electron chi connectivity index (χ3n) is 3.66. The normalized spacial score (nSPS) is 10.5. The molecule has 12 heteroatoms. The van der Waals surface area contributed by atoms with Crippen LogP contribution in [-0.4, -0.2) is 52.3 Å². The molecule has 1 aromatic carbocycles. The molecule has 2 heterocycles.